The summed E-state index contributed by atoms with van der Waals surface area (Å²) in [6, 6.07) is 4.92. The second-order valence-electron chi connectivity index (χ2n) is 3.27. The fourth-order valence-electron chi connectivity index (χ4n) is 1.14. The summed E-state index contributed by atoms with van der Waals surface area (Å²) in [6.07, 6.45) is -4.23. The maximum Gasteiger partial charge on any atom is 0.401 e. The zero-order chi connectivity index (χ0) is 11.5. The molecule has 0 radical (unpaired) electrons. The highest BCUT2D eigenvalue weighted by molar-refractivity contribution is 5.19. The van der Waals surface area contributed by atoms with E-state index >= 15 is 0 Å². The van der Waals surface area contributed by atoms with Gasteiger partial charge in [0.25, 0.3) is 0 Å². The Hall–Kier alpha value is -1.10. The van der Waals surface area contributed by atoms with Crippen LogP contribution in [0, 0.1) is 5.82 Å². The van der Waals surface area contributed by atoms with Crippen LogP contribution in [-0.4, -0.2) is 12.7 Å². The Kier molecular flexibility index (Phi) is 3.68. The lowest BCUT2D eigenvalue weighted by atomic mass is 10.1. The van der Waals surface area contributed by atoms with Crippen molar-refractivity contribution in [2.45, 2.75) is 19.1 Å². The minimum atomic E-state index is -4.23. The molecule has 0 aliphatic carbocycles. The van der Waals surface area contributed by atoms with Crippen molar-refractivity contribution in [1.29, 1.82) is 0 Å². The quantitative estimate of drug-likeness (QED) is 0.773. The van der Waals surface area contributed by atoms with Crippen LogP contribution in [0.4, 0.5) is 17.6 Å². The first kappa shape index (κ1) is 12.0. The molecule has 0 amide bonds. The van der Waals surface area contributed by atoms with Gasteiger partial charge in [0, 0.05) is 6.04 Å². The van der Waals surface area contributed by atoms with E-state index in [0.717, 1.165) is 0 Å². The highest BCUT2D eigenvalue weighted by Crippen LogP contribution is 2.17. The standard InChI is InChI=1S/C10H11F4N/c1-7(15-6-10(12,13)14)8-2-4-9(11)5-3-8/h2-5,7,15H,6H2,1H3/t7-/m0/s1. The van der Waals surface area contributed by atoms with E-state index < -0.39 is 24.6 Å². The van der Waals surface area contributed by atoms with E-state index in [1.54, 1.807) is 6.92 Å². The summed E-state index contributed by atoms with van der Waals surface area (Å²) >= 11 is 0. The molecule has 0 spiro atoms. The number of benzene rings is 1. The number of rotatable bonds is 3. The Bertz CT molecular complexity index is 304. The van der Waals surface area contributed by atoms with Crippen molar-refractivity contribution in [3.8, 4) is 0 Å². The Labute approximate surface area is 85.1 Å². The van der Waals surface area contributed by atoms with Gasteiger partial charge in [0.1, 0.15) is 5.82 Å². The fourth-order valence-corrected chi connectivity index (χ4v) is 1.14. The first-order valence-electron chi connectivity index (χ1n) is 4.44. The van der Waals surface area contributed by atoms with Crippen LogP contribution in [0.1, 0.15) is 18.5 Å². The number of hydrogen-bond acceptors (Lipinski definition) is 1. The van der Waals surface area contributed by atoms with Crippen LogP contribution < -0.4 is 5.32 Å². The maximum atomic E-state index is 12.5. The number of nitrogens with one attached hydrogen (secondary N) is 1. The van der Waals surface area contributed by atoms with Crippen molar-refractivity contribution in [2.75, 3.05) is 6.54 Å². The first-order chi connectivity index (χ1) is 6.88. The number of alkyl halides is 3. The third-order valence-corrected chi connectivity index (χ3v) is 1.98. The Balaban J connectivity index is 2.54. The average molecular weight is 221 g/mol. The molecule has 1 atom stereocenters. The lowest BCUT2D eigenvalue weighted by Crippen LogP contribution is -2.30. The van der Waals surface area contributed by atoms with Gasteiger partial charge in [0.15, 0.2) is 0 Å². The molecule has 0 aliphatic rings. The van der Waals surface area contributed by atoms with Crippen LogP contribution in [0.15, 0.2) is 24.3 Å². The summed E-state index contributed by atoms with van der Waals surface area (Å²) in [4.78, 5) is 0. The summed E-state index contributed by atoms with van der Waals surface area (Å²) in [6.45, 7) is 0.546. The van der Waals surface area contributed by atoms with Gasteiger partial charge in [0.2, 0.25) is 0 Å². The Morgan fingerprint density at radius 3 is 2.20 bits per heavy atom. The van der Waals surface area contributed by atoms with Gasteiger partial charge in [-0.15, -0.1) is 0 Å². The SMILES string of the molecule is C[C@H](NCC(F)(F)F)c1ccc(F)cc1. The summed E-state index contributed by atoms with van der Waals surface area (Å²) in [5, 5.41) is 2.31. The van der Waals surface area contributed by atoms with E-state index in [1.807, 2.05) is 0 Å². The van der Waals surface area contributed by atoms with Crippen LogP contribution >= 0.6 is 0 Å². The molecular weight excluding hydrogens is 210 g/mol. The summed E-state index contributed by atoms with van der Waals surface area (Å²) < 4.78 is 48.1. The van der Waals surface area contributed by atoms with E-state index in [9.17, 15) is 17.6 Å². The smallest absolute Gasteiger partial charge is 0.302 e. The van der Waals surface area contributed by atoms with E-state index in [0.29, 0.717) is 5.56 Å². The van der Waals surface area contributed by atoms with Crippen molar-refractivity contribution in [1.82, 2.24) is 5.32 Å². The molecule has 0 fully saturated rings. The number of halogens is 4. The zero-order valence-corrected chi connectivity index (χ0v) is 8.11. The van der Waals surface area contributed by atoms with Crippen LogP contribution in [0.25, 0.3) is 0 Å². The molecule has 0 aliphatic heterocycles. The normalized spacial score (nSPS) is 13.9. The third kappa shape index (κ3) is 4.29. The van der Waals surface area contributed by atoms with Gasteiger partial charge in [-0.1, -0.05) is 12.1 Å². The second-order valence-corrected chi connectivity index (χ2v) is 3.27. The highest BCUT2D eigenvalue weighted by Gasteiger charge is 2.27. The van der Waals surface area contributed by atoms with Gasteiger partial charge in [-0.05, 0) is 24.6 Å². The lowest BCUT2D eigenvalue weighted by Gasteiger charge is -2.15. The molecule has 5 heteroatoms. The first-order valence-corrected chi connectivity index (χ1v) is 4.44. The van der Waals surface area contributed by atoms with Crippen LogP contribution in [-0.2, 0) is 0 Å². The van der Waals surface area contributed by atoms with E-state index in [2.05, 4.69) is 5.32 Å². The van der Waals surface area contributed by atoms with Gasteiger partial charge in [-0.25, -0.2) is 4.39 Å². The highest BCUT2D eigenvalue weighted by atomic mass is 19.4. The molecule has 0 aromatic heterocycles. The van der Waals surface area contributed by atoms with Gasteiger partial charge < -0.3 is 5.32 Å². The minimum absolute atomic E-state index is 0.401. The van der Waals surface area contributed by atoms with Crippen LogP contribution in [0.2, 0.25) is 0 Å². The van der Waals surface area contributed by atoms with Crippen LogP contribution in [0.5, 0.6) is 0 Å². The molecule has 0 bridgehead atoms. The summed E-state index contributed by atoms with van der Waals surface area (Å²) in [7, 11) is 0. The monoisotopic (exact) mass is 221 g/mol. The Morgan fingerprint density at radius 2 is 1.73 bits per heavy atom. The molecule has 0 saturated heterocycles. The van der Waals surface area contributed by atoms with Gasteiger partial charge in [-0.3, -0.25) is 0 Å². The van der Waals surface area contributed by atoms with Crippen molar-refractivity contribution in [3.05, 3.63) is 35.6 Å². The molecule has 0 heterocycles. The largest absolute Gasteiger partial charge is 0.401 e. The zero-order valence-electron chi connectivity index (χ0n) is 8.11. The van der Waals surface area contributed by atoms with Crippen molar-refractivity contribution >= 4 is 0 Å². The molecule has 0 saturated carbocycles. The minimum Gasteiger partial charge on any atom is -0.302 e. The second kappa shape index (κ2) is 4.61. The molecule has 15 heavy (non-hydrogen) atoms. The average Bonchev–Trinajstić information content (AvgIpc) is 2.14. The van der Waals surface area contributed by atoms with E-state index in [4.69, 9.17) is 0 Å². The topological polar surface area (TPSA) is 12.0 Å². The molecule has 1 N–H and O–H groups in total. The van der Waals surface area contributed by atoms with E-state index in [-0.39, 0.29) is 0 Å². The molecular formula is C10H11F4N. The molecule has 84 valence electrons. The molecule has 1 aromatic rings. The Morgan fingerprint density at radius 1 is 1.20 bits per heavy atom. The summed E-state index contributed by atoms with van der Waals surface area (Å²) in [5.74, 6) is -0.401. The van der Waals surface area contributed by atoms with E-state index in [1.165, 1.54) is 24.3 Å². The van der Waals surface area contributed by atoms with Crippen LogP contribution in [0.3, 0.4) is 0 Å². The fraction of sp³-hybridized carbons (Fsp3) is 0.400. The summed E-state index contributed by atoms with van der Waals surface area (Å²) in [5.41, 5.74) is 0.626. The third-order valence-electron chi connectivity index (χ3n) is 1.98. The van der Waals surface area contributed by atoms with Crippen molar-refractivity contribution < 1.29 is 17.6 Å². The predicted molar refractivity (Wildman–Crippen MR) is 48.9 cm³/mol. The lowest BCUT2D eigenvalue weighted by molar-refractivity contribution is -0.126. The van der Waals surface area contributed by atoms with Crippen molar-refractivity contribution in [3.63, 3.8) is 0 Å². The van der Waals surface area contributed by atoms with Crippen molar-refractivity contribution in [2.24, 2.45) is 0 Å². The molecule has 1 nitrogen and oxygen atoms in total. The molecule has 0 unspecified atom stereocenters. The molecule has 1 rings (SSSR count). The van der Waals surface area contributed by atoms with Gasteiger partial charge in [0.05, 0.1) is 6.54 Å². The molecule has 1 aromatic carbocycles. The predicted octanol–water partition coefficient (Wildman–Crippen LogP) is 3.04. The number of hydrogen-bond donors (Lipinski definition) is 1. The maximum absolute atomic E-state index is 12.5. The van der Waals surface area contributed by atoms with Gasteiger partial charge in [-0.2, -0.15) is 13.2 Å². The van der Waals surface area contributed by atoms with Gasteiger partial charge >= 0.3 is 6.18 Å².